The van der Waals surface area contributed by atoms with Crippen molar-refractivity contribution in [2.45, 2.75) is 66.2 Å². The highest BCUT2D eigenvalue weighted by Gasteiger charge is 2.45. The van der Waals surface area contributed by atoms with Crippen LogP contribution in [0.2, 0.25) is 0 Å². The zero-order valence-corrected chi connectivity index (χ0v) is 23.7. The summed E-state index contributed by atoms with van der Waals surface area (Å²) >= 11 is 0. The number of allylic oxidation sites excluding steroid dienone is 1. The Morgan fingerprint density at radius 1 is 0.921 bits per heavy atom. The van der Waals surface area contributed by atoms with Gasteiger partial charge in [-0.15, -0.1) is 0 Å². The summed E-state index contributed by atoms with van der Waals surface area (Å²) in [6.07, 6.45) is 2.50. The summed E-state index contributed by atoms with van der Waals surface area (Å²) in [6.45, 7) is 18.0. The third-order valence-corrected chi connectivity index (χ3v) is 7.34. The fourth-order valence-corrected chi connectivity index (χ4v) is 6.51. The molecular formula is C33H44N2O3. The molecule has 0 spiro atoms. The monoisotopic (exact) mass is 516 g/mol. The molecule has 204 valence electrons. The summed E-state index contributed by atoms with van der Waals surface area (Å²) in [4.78, 5) is 2.30. The van der Waals surface area contributed by atoms with Crippen molar-refractivity contribution in [3.63, 3.8) is 0 Å². The zero-order valence-electron chi connectivity index (χ0n) is 23.7. The summed E-state index contributed by atoms with van der Waals surface area (Å²) < 4.78 is 8.09. The van der Waals surface area contributed by atoms with Gasteiger partial charge in [0.05, 0.1) is 6.61 Å². The van der Waals surface area contributed by atoms with Gasteiger partial charge in [-0.2, -0.15) is 0 Å². The molecule has 5 heteroatoms. The minimum atomic E-state index is -0.712. The van der Waals surface area contributed by atoms with Crippen molar-refractivity contribution in [2.75, 3.05) is 19.7 Å². The normalized spacial score (nSPS) is 16.1. The predicted molar refractivity (Wildman–Crippen MR) is 154 cm³/mol. The van der Waals surface area contributed by atoms with Crippen molar-refractivity contribution in [1.29, 1.82) is 0 Å². The van der Waals surface area contributed by atoms with E-state index in [1.165, 1.54) is 0 Å². The predicted octanol–water partition coefficient (Wildman–Crippen LogP) is 7.08. The van der Waals surface area contributed by atoms with Crippen LogP contribution in [0.25, 0.3) is 0 Å². The van der Waals surface area contributed by atoms with Crippen molar-refractivity contribution >= 4 is 0 Å². The van der Waals surface area contributed by atoms with E-state index in [9.17, 15) is 10.2 Å². The van der Waals surface area contributed by atoms with Crippen LogP contribution in [0, 0.1) is 10.8 Å². The first-order valence-electron chi connectivity index (χ1n) is 13.7. The summed E-state index contributed by atoms with van der Waals surface area (Å²) in [5.74, 6) is 0.187. The van der Waals surface area contributed by atoms with Crippen LogP contribution < -0.4 is 0 Å². The summed E-state index contributed by atoms with van der Waals surface area (Å²) in [5.41, 5.74) is 3.56. The van der Waals surface area contributed by atoms with E-state index in [1.807, 2.05) is 36.4 Å². The van der Waals surface area contributed by atoms with E-state index < -0.39 is 5.72 Å². The largest absolute Gasteiger partial charge is 0.494 e. The Labute approximate surface area is 228 Å². The number of hydrogen-bond acceptors (Lipinski definition) is 4. The quantitative estimate of drug-likeness (QED) is 0.283. The van der Waals surface area contributed by atoms with Gasteiger partial charge in [0, 0.05) is 42.4 Å². The number of ether oxygens (including phenoxy) is 1. The third kappa shape index (κ3) is 6.16. The van der Waals surface area contributed by atoms with Crippen LogP contribution >= 0.6 is 0 Å². The molecule has 38 heavy (non-hydrogen) atoms. The Kier molecular flexibility index (Phi) is 8.10. The standard InChI is InChI=1S/C33H44N2O3/c1-25(23-32(5,6)24-31(2,3)4)21-26-22-29(36)35(30(26)37)18-17-34-19-20-38-33(34,27-13-9-7-10-14-27)28-15-11-8-12-16-28/h7-16,22,36-37H,1,17-21,23-24H2,2-6H3. The first-order chi connectivity index (χ1) is 17.9. The van der Waals surface area contributed by atoms with Crippen LogP contribution in [0.3, 0.4) is 0 Å². The van der Waals surface area contributed by atoms with Crippen LogP contribution in [0.4, 0.5) is 0 Å². The molecule has 4 rings (SSSR count). The van der Waals surface area contributed by atoms with Crippen molar-refractivity contribution in [3.05, 3.63) is 95.6 Å². The Morgan fingerprint density at radius 2 is 1.50 bits per heavy atom. The van der Waals surface area contributed by atoms with E-state index in [-0.39, 0.29) is 22.6 Å². The molecule has 2 N–H and O–H groups in total. The van der Waals surface area contributed by atoms with Crippen molar-refractivity contribution in [2.24, 2.45) is 10.8 Å². The van der Waals surface area contributed by atoms with Gasteiger partial charge in [-0.3, -0.25) is 9.47 Å². The first-order valence-corrected chi connectivity index (χ1v) is 13.7. The van der Waals surface area contributed by atoms with E-state index in [0.717, 1.165) is 36.1 Å². The number of nitrogens with zero attached hydrogens (tertiary/aromatic N) is 2. The van der Waals surface area contributed by atoms with E-state index >= 15 is 0 Å². The second-order valence-electron chi connectivity index (χ2n) is 12.7. The summed E-state index contributed by atoms with van der Waals surface area (Å²) in [5, 5.41) is 21.9. The smallest absolute Gasteiger partial charge is 0.197 e. The molecule has 0 amide bonds. The molecule has 0 radical (unpaired) electrons. The van der Waals surface area contributed by atoms with Crippen LogP contribution in [0.5, 0.6) is 11.8 Å². The molecule has 1 aliphatic rings. The first kappa shape index (κ1) is 28.0. The maximum absolute atomic E-state index is 11.1. The van der Waals surface area contributed by atoms with E-state index in [2.05, 4.69) is 70.4 Å². The summed E-state index contributed by atoms with van der Waals surface area (Å²) in [7, 11) is 0. The molecule has 3 aromatic rings. The molecule has 1 aliphatic heterocycles. The molecule has 0 saturated carbocycles. The molecule has 1 aromatic heterocycles. The lowest BCUT2D eigenvalue weighted by Crippen LogP contribution is -2.44. The van der Waals surface area contributed by atoms with Crippen LogP contribution in [-0.4, -0.2) is 39.4 Å². The topological polar surface area (TPSA) is 57.9 Å². The fourth-order valence-electron chi connectivity index (χ4n) is 6.51. The number of aromatic hydroxyl groups is 2. The molecule has 0 bridgehead atoms. The average Bonchev–Trinajstić information content (AvgIpc) is 3.38. The molecule has 5 nitrogen and oxygen atoms in total. The van der Waals surface area contributed by atoms with Crippen LogP contribution in [0.1, 0.15) is 64.2 Å². The van der Waals surface area contributed by atoms with Gasteiger partial charge in [-0.05, 0) is 30.1 Å². The number of hydrogen-bond donors (Lipinski definition) is 2. The van der Waals surface area contributed by atoms with Gasteiger partial charge in [0.15, 0.2) is 17.5 Å². The second kappa shape index (κ2) is 11.0. The highest BCUT2D eigenvalue weighted by atomic mass is 16.5. The van der Waals surface area contributed by atoms with Crippen LogP contribution in [0.15, 0.2) is 78.9 Å². The summed E-state index contributed by atoms with van der Waals surface area (Å²) in [6, 6.07) is 22.2. The minimum absolute atomic E-state index is 0.0735. The van der Waals surface area contributed by atoms with Crippen molar-refractivity contribution in [3.8, 4) is 11.8 Å². The second-order valence-corrected chi connectivity index (χ2v) is 12.7. The highest BCUT2D eigenvalue weighted by Crippen LogP contribution is 2.42. The Bertz CT molecular complexity index is 1180. The third-order valence-electron chi connectivity index (χ3n) is 7.34. The molecule has 0 aliphatic carbocycles. The number of benzene rings is 2. The maximum Gasteiger partial charge on any atom is 0.197 e. The molecule has 1 fully saturated rings. The van der Waals surface area contributed by atoms with Gasteiger partial charge >= 0.3 is 0 Å². The number of rotatable bonds is 10. The SMILES string of the molecule is C=C(Cc1cc(O)n(CCN2CCOC2(c2ccccc2)c2ccccc2)c1O)CC(C)(C)CC(C)(C)C. The van der Waals surface area contributed by atoms with Gasteiger partial charge in [-0.1, -0.05) is 107 Å². The van der Waals surface area contributed by atoms with E-state index in [1.54, 1.807) is 10.6 Å². The maximum atomic E-state index is 11.1. The van der Waals surface area contributed by atoms with Gasteiger partial charge in [-0.25, -0.2) is 0 Å². The lowest BCUT2D eigenvalue weighted by Gasteiger charge is -2.38. The minimum Gasteiger partial charge on any atom is -0.494 e. The highest BCUT2D eigenvalue weighted by molar-refractivity contribution is 5.39. The Hall–Kier alpha value is -3.02. The molecular weight excluding hydrogens is 472 g/mol. The molecule has 2 heterocycles. The molecule has 0 atom stereocenters. The lowest BCUT2D eigenvalue weighted by molar-refractivity contribution is -0.0537. The fraction of sp³-hybridized carbons (Fsp3) is 0.455. The van der Waals surface area contributed by atoms with E-state index in [4.69, 9.17) is 4.74 Å². The Morgan fingerprint density at radius 3 is 2.05 bits per heavy atom. The molecule has 1 saturated heterocycles. The van der Waals surface area contributed by atoms with Crippen LogP contribution in [-0.2, 0) is 23.4 Å². The Balaban J connectivity index is 1.51. The van der Waals surface area contributed by atoms with Crippen molar-refractivity contribution < 1.29 is 14.9 Å². The van der Waals surface area contributed by atoms with Gasteiger partial charge < -0.3 is 14.9 Å². The van der Waals surface area contributed by atoms with Gasteiger partial charge in [0.2, 0.25) is 0 Å². The van der Waals surface area contributed by atoms with Crippen molar-refractivity contribution in [1.82, 2.24) is 9.47 Å². The lowest BCUT2D eigenvalue weighted by atomic mass is 9.73. The zero-order chi connectivity index (χ0) is 27.6. The van der Waals surface area contributed by atoms with E-state index in [0.29, 0.717) is 31.7 Å². The van der Waals surface area contributed by atoms with Gasteiger partial charge in [0.25, 0.3) is 0 Å². The number of aromatic nitrogens is 1. The average molecular weight is 517 g/mol. The molecule has 2 aromatic carbocycles. The van der Waals surface area contributed by atoms with Gasteiger partial charge in [0.1, 0.15) is 0 Å². The molecule has 0 unspecified atom stereocenters.